The van der Waals surface area contributed by atoms with Crippen molar-refractivity contribution in [1.82, 2.24) is 25.8 Å². The van der Waals surface area contributed by atoms with Gasteiger partial charge < -0.3 is 16.4 Å². The number of carbonyl (C=O) groups is 2. The average Bonchev–Trinajstić information content (AvgIpc) is 2.63. The van der Waals surface area contributed by atoms with Crippen LogP contribution >= 0.6 is 0 Å². The summed E-state index contributed by atoms with van der Waals surface area (Å²) >= 11 is 0. The van der Waals surface area contributed by atoms with E-state index in [4.69, 9.17) is 5.73 Å². The van der Waals surface area contributed by atoms with Gasteiger partial charge in [0.1, 0.15) is 6.04 Å². The Balaban J connectivity index is 2.54. The Labute approximate surface area is 98.4 Å². The fourth-order valence-electron chi connectivity index (χ4n) is 1.12. The number of nitrogens with one attached hydrogen (secondary N) is 3. The summed E-state index contributed by atoms with van der Waals surface area (Å²) in [5.41, 5.74) is 5.26. The number of nitrogens with zero attached hydrogens (tertiary/aromatic N) is 2. The topological polar surface area (TPSA) is 126 Å². The molecule has 0 fully saturated rings. The summed E-state index contributed by atoms with van der Waals surface area (Å²) in [5.74, 6) is -0.831. The van der Waals surface area contributed by atoms with E-state index >= 15 is 0 Å². The Hall–Kier alpha value is -2.12. The van der Waals surface area contributed by atoms with Crippen LogP contribution in [0.5, 0.6) is 0 Å². The number of nitrogens with two attached hydrogens (primary N) is 1. The van der Waals surface area contributed by atoms with Crippen LogP contribution in [-0.4, -0.2) is 39.1 Å². The van der Waals surface area contributed by atoms with E-state index in [9.17, 15) is 9.59 Å². The van der Waals surface area contributed by atoms with E-state index in [0.29, 0.717) is 0 Å². The number of carbonyl (C=O) groups excluding carboxylic acids is 2. The minimum atomic E-state index is -0.656. The molecule has 8 nitrogen and oxygen atoms in total. The molecule has 8 heteroatoms. The van der Waals surface area contributed by atoms with E-state index in [-0.39, 0.29) is 23.7 Å². The van der Waals surface area contributed by atoms with E-state index in [2.05, 4.69) is 25.8 Å². The molecular formula is C9H16N6O2. The number of nitrogen functional groups attached to an aromatic ring is 1. The van der Waals surface area contributed by atoms with Gasteiger partial charge in [-0.15, -0.1) is 5.10 Å². The molecule has 0 aliphatic heterocycles. The summed E-state index contributed by atoms with van der Waals surface area (Å²) in [4.78, 5) is 26.8. The molecular weight excluding hydrogens is 224 g/mol. The number of rotatable bonds is 4. The highest BCUT2D eigenvalue weighted by atomic mass is 16.2. The summed E-state index contributed by atoms with van der Waals surface area (Å²) in [7, 11) is 0. The highest BCUT2D eigenvalue weighted by molar-refractivity contribution is 5.94. The maximum Gasteiger partial charge on any atom is 0.289 e. The lowest BCUT2D eigenvalue weighted by Crippen LogP contribution is -2.47. The molecule has 1 aromatic heterocycles. The van der Waals surface area contributed by atoms with E-state index in [1.54, 1.807) is 6.92 Å². The highest BCUT2D eigenvalue weighted by Gasteiger charge is 2.18. The third-order valence-corrected chi connectivity index (χ3v) is 1.89. The van der Waals surface area contributed by atoms with Gasteiger partial charge in [0, 0.05) is 6.04 Å². The lowest BCUT2D eigenvalue weighted by Gasteiger charge is -2.15. The first-order valence-corrected chi connectivity index (χ1v) is 5.19. The van der Waals surface area contributed by atoms with Gasteiger partial charge >= 0.3 is 0 Å². The second-order valence-electron chi connectivity index (χ2n) is 3.90. The first-order valence-electron chi connectivity index (χ1n) is 5.19. The fraction of sp³-hybridized carbons (Fsp3) is 0.556. The van der Waals surface area contributed by atoms with Crippen molar-refractivity contribution in [3.8, 4) is 0 Å². The first-order chi connectivity index (χ1) is 7.90. The molecule has 5 N–H and O–H groups in total. The third kappa shape index (κ3) is 3.74. The zero-order valence-corrected chi connectivity index (χ0v) is 9.94. The molecule has 0 aromatic carbocycles. The van der Waals surface area contributed by atoms with Crippen LogP contribution in [0.4, 0.5) is 5.95 Å². The fourth-order valence-corrected chi connectivity index (χ4v) is 1.12. The first kappa shape index (κ1) is 12.9. The van der Waals surface area contributed by atoms with Gasteiger partial charge in [-0.1, -0.05) is 0 Å². The maximum absolute atomic E-state index is 11.6. The number of aromatic amines is 1. The molecule has 1 rings (SSSR count). The number of hydrogen-bond acceptors (Lipinski definition) is 5. The molecule has 0 spiro atoms. The smallest absolute Gasteiger partial charge is 0.289 e. The predicted octanol–water partition coefficient (Wildman–Crippen LogP) is -0.970. The van der Waals surface area contributed by atoms with E-state index in [1.165, 1.54) is 0 Å². The van der Waals surface area contributed by atoms with E-state index in [1.807, 2.05) is 13.8 Å². The molecule has 1 aromatic rings. The van der Waals surface area contributed by atoms with Crippen LogP contribution in [0.15, 0.2) is 0 Å². The van der Waals surface area contributed by atoms with Crippen LogP contribution in [0.1, 0.15) is 31.4 Å². The van der Waals surface area contributed by atoms with Crippen molar-refractivity contribution in [1.29, 1.82) is 0 Å². The Morgan fingerprint density at radius 2 is 1.94 bits per heavy atom. The molecule has 1 unspecified atom stereocenters. The Bertz CT molecular complexity index is 413. The van der Waals surface area contributed by atoms with Crippen molar-refractivity contribution >= 4 is 17.8 Å². The minimum absolute atomic E-state index is 0.0165. The summed E-state index contributed by atoms with van der Waals surface area (Å²) < 4.78 is 0. The zero-order chi connectivity index (χ0) is 13.0. The minimum Gasteiger partial charge on any atom is -0.366 e. The number of H-pyrrole nitrogens is 1. The van der Waals surface area contributed by atoms with Gasteiger partial charge in [-0.2, -0.15) is 4.98 Å². The molecule has 0 aliphatic carbocycles. The van der Waals surface area contributed by atoms with Crippen molar-refractivity contribution in [3.05, 3.63) is 5.82 Å². The molecule has 0 radical (unpaired) electrons. The summed E-state index contributed by atoms with van der Waals surface area (Å²) in [6.07, 6.45) is 0. The third-order valence-electron chi connectivity index (χ3n) is 1.89. The van der Waals surface area contributed by atoms with Crippen LogP contribution in [0.3, 0.4) is 0 Å². The van der Waals surface area contributed by atoms with Gasteiger partial charge in [0.25, 0.3) is 5.91 Å². The lowest BCUT2D eigenvalue weighted by atomic mass is 10.3. The van der Waals surface area contributed by atoms with Crippen LogP contribution < -0.4 is 16.4 Å². The Morgan fingerprint density at radius 3 is 2.41 bits per heavy atom. The maximum atomic E-state index is 11.6. The predicted molar refractivity (Wildman–Crippen MR) is 61.0 cm³/mol. The average molecular weight is 240 g/mol. The van der Waals surface area contributed by atoms with Gasteiger partial charge in [0.05, 0.1) is 0 Å². The lowest BCUT2D eigenvalue weighted by molar-refractivity contribution is -0.123. The van der Waals surface area contributed by atoms with Gasteiger partial charge in [-0.3, -0.25) is 14.7 Å². The largest absolute Gasteiger partial charge is 0.366 e. The molecule has 17 heavy (non-hydrogen) atoms. The second kappa shape index (κ2) is 5.28. The van der Waals surface area contributed by atoms with E-state index in [0.717, 1.165) is 0 Å². The van der Waals surface area contributed by atoms with Crippen molar-refractivity contribution in [2.24, 2.45) is 0 Å². The van der Waals surface area contributed by atoms with Crippen LogP contribution in [0.2, 0.25) is 0 Å². The monoisotopic (exact) mass is 240 g/mol. The molecule has 0 saturated heterocycles. The molecule has 0 aliphatic rings. The van der Waals surface area contributed by atoms with Crippen LogP contribution in [0.25, 0.3) is 0 Å². The van der Waals surface area contributed by atoms with Crippen molar-refractivity contribution in [2.75, 3.05) is 5.73 Å². The molecule has 0 saturated carbocycles. The number of anilines is 1. The van der Waals surface area contributed by atoms with Gasteiger partial charge in [-0.25, -0.2) is 0 Å². The second-order valence-corrected chi connectivity index (χ2v) is 3.90. The molecule has 1 atom stereocenters. The quantitative estimate of drug-likeness (QED) is 0.538. The summed E-state index contributed by atoms with van der Waals surface area (Å²) in [6.45, 7) is 5.25. The summed E-state index contributed by atoms with van der Waals surface area (Å²) in [6, 6.07) is -0.640. The van der Waals surface area contributed by atoms with Crippen molar-refractivity contribution in [3.63, 3.8) is 0 Å². The van der Waals surface area contributed by atoms with Crippen LogP contribution in [0, 0.1) is 0 Å². The molecule has 94 valence electrons. The SMILES string of the molecule is CC(C)NC(=O)C(C)NC(=O)c1nc(N)n[nH]1. The standard InChI is InChI=1S/C9H16N6O2/c1-4(2)11-7(16)5(3)12-8(17)6-13-9(10)15-14-6/h4-5H,1-3H3,(H,11,16)(H,12,17)(H3,10,13,14,15). The molecule has 0 bridgehead atoms. The zero-order valence-electron chi connectivity index (χ0n) is 9.94. The molecule has 2 amide bonds. The summed E-state index contributed by atoms with van der Waals surface area (Å²) in [5, 5.41) is 11.0. The highest BCUT2D eigenvalue weighted by Crippen LogP contribution is 1.94. The van der Waals surface area contributed by atoms with Gasteiger partial charge in [0.2, 0.25) is 17.7 Å². The molecule has 1 heterocycles. The number of aromatic nitrogens is 3. The van der Waals surface area contributed by atoms with E-state index < -0.39 is 11.9 Å². The normalized spacial score (nSPS) is 12.2. The Morgan fingerprint density at radius 1 is 1.29 bits per heavy atom. The van der Waals surface area contributed by atoms with Gasteiger partial charge in [0.15, 0.2) is 0 Å². The van der Waals surface area contributed by atoms with Crippen LogP contribution in [-0.2, 0) is 4.79 Å². The Kier molecular flexibility index (Phi) is 4.02. The van der Waals surface area contributed by atoms with Crippen molar-refractivity contribution < 1.29 is 9.59 Å². The van der Waals surface area contributed by atoms with Crippen molar-refractivity contribution in [2.45, 2.75) is 32.9 Å². The number of amides is 2. The van der Waals surface area contributed by atoms with Gasteiger partial charge in [-0.05, 0) is 20.8 Å². The number of hydrogen-bond donors (Lipinski definition) is 4.